The second kappa shape index (κ2) is 6.08. The first-order chi connectivity index (χ1) is 9.88. The van der Waals surface area contributed by atoms with E-state index in [0.717, 1.165) is 0 Å². The first-order valence-corrected chi connectivity index (χ1v) is 6.88. The van der Waals surface area contributed by atoms with Gasteiger partial charge in [0.05, 0.1) is 11.1 Å². The number of nitrogens with zero attached hydrogens (tertiary/aromatic N) is 3. The summed E-state index contributed by atoms with van der Waals surface area (Å²) < 4.78 is 2.16. The lowest BCUT2D eigenvalue weighted by Crippen LogP contribution is -2.20. The summed E-state index contributed by atoms with van der Waals surface area (Å²) in [5, 5.41) is 27.0. The number of carboxylic acids is 1. The third kappa shape index (κ3) is 3.48. The van der Waals surface area contributed by atoms with Gasteiger partial charge in [-0.3, -0.25) is 14.8 Å². The first kappa shape index (κ1) is 15.2. The van der Waals surface area contributed by atoms with Crippen molar-refractivity contribution in [1.29, 1.82) is 0 Å². The van der Waals surface area contributed by atoms with Crippen LogP contribution >= 0.6 is 22.6 Å². The van der Waals surface area contributed by atoms with Gasteiger partial charge in [0.1, 0.15) is 5.69 Å². The molecule has 0 fully saturated rings. The Morgan fingerprint density at radius 1 is 1.57 bits per heavy atom. The second-order valence-corrected chi connectivity index (χ2v) is 5.53. The topological polar surface area (TPSA) is 110 Å². The minimum Gasteiger partial charge on any atom is -0.479 e. The van der Waals surface area contributed by atoms with Crippen molar-refractivity contribution >= 4 is 39.9 Å². The number of carboxylic acid groups (broad SMARTS) is 1. The molecule has 1 aromatic heterocycles. The molecule has 9 heteroatoms. The fourth-order valence-corrected chi connectivity index (χ4v) is 2.29. The van der Waals surface area contributed by atoms with Gasteiger partial charge in [-0.15, -0.1) is 0 Å². The molecule has 1 unspecified atom stereocenters. The van der Waals surface area contributed by atoms with Gasteiger partial charge >= 0.3 is 5.97 Å². The highest BCUT2D eigenvalue weighted by atomic mass is 127. The quantitative estimate of drug-likeness (QED) is 0.451. The van der Waals surface area contributed by atoms with E-state index in [1.54, 1.807) is 19.3 Å². The van der Waals surface area contributed by atoms with Gasteiger partial charge in [-0.25, -0.2) is 4.79 Å². The van der Waals surface area contributed by atoms with Crippen LogP contribution in [0, 0.1) is 13.7 Å². The predicted octanol–water partition coefficient (Wildman–Crippen LogP) is 2.17. The van der Waals surface area contributed by atoms with Crippen LogP contribution in [0.5, 0.6) is 0 Å². The Kier molecular flexibility index (Phi) is 4.40. The Balaban J connectivity index is 2.38. The Morgan fingerprint density at radius 2 is 2.29 bits per heavy atom. The number of anilines is 1. The van der Waals surface area contributed by atoms with E-state index >= 15 is 0 Å². The molecule has 8 nitrogen and oxygen atoms in total. The molecule has 0 spiro atoms. The van der Waals surface area contributed by atoms with Gasteiger partial charge in [0.25, 0.3) is 5.69 Å². The van der Waals surface area contributed by atoms with E-state index in [9.17, 15) is 20.0 Å². The highest BCUT2D eigenvalue weighted by Crippen LogP contribution is 2.29. The average molecular weight is 402 g/mol. The van der Waals surface area contributed by atoms with Crippen LogP contribution in [-0.4, -0.2) is 25.8 Å². The predicted molar refractivity (Wildman–Crippen MR) is 83.0 cm³/mol. The van der Waals surface area contributed by atoms with E-state index in [1.807, 2.05) is 22.6 Å². The number of rotatable bonds is 5. The van der Waals surface area contributed by atoms with Gasteiger partial charge in [0.2, 0.25) is 0 Å². The highest BCUT2D eigenvalue weighted by molar-refractivity contribution is 14.1. The zero-order valence-electron chi connectivity index (χ0n) is 10.9. The third-order valence-corrected chi connectivity index (χ3v) is 3.43. The van der Waals surface area contributed by atoms with E-state index in [1.165, 1.54) is 23.0 Å². The second-order valence-electron chi connectivity index (χ2n) is 4.28. The lowest BCUT2D eigenvalue weighted by Gasteiger charge is -2.14. The van der Waals surface area contributed by atoms with Crippen molar-refractivity contribution in [2.24, 2.45) is 7.05 Å². The van der Waals surface area contributed by atoms with Gasteiger partial charge in [0.15, 0.2) is 6.04 Å². The molecule has 0 radical (unpaired) electrons. The van der Waals surface area contributed by atoms with Crippen molar-refractivity contribution in [2.45, 2.75) is 6.04 Å². The number of nitrogens with one attached hydrogen (secondary N) is 1. The van der Waals surface area contributed by atoms with E-state index in [4.69, 9.17) is 0 Å². The van der Waals surface area contributed by atoms with Crippen molar-refractivity contribution in [3.05, 3.63) is 49.8 Å². The summed E-state index contributed by atoms with van der Waals surface area (Å²) in [6, 6.07) is 3.42. The Labute approximate surface area is 133 Å². The molecule has 0 aliphatic heterocycles. The minimum atomic E-state index is -1.14. The van der Waals surface area contributed by atoms with Crippen LogP contribution in [0.15, 0.2) is 30.6 Å². The molecule has 1 heterocycles. The van der Waals surface area contributed by atoms with E-state index < -0.39 is 16.9 Å². The molecule has 0 bridgehead atoms. The molecule has 21 heavy (non-hydrogen) atoms. The number of aliphatic carboxylic acids is 1. The highest BCUT2D eigenvalue weighted by Gasteiger charge is 2.24. The molecule has 0 aliphatic carbocycles. The number of carbonyl (C=O) groups is 1. The smallest absolute Gasteiger partial charge is 0.330 e. The number of hydrogen-bond donors (Lipinski definition) is 2. The summed E-state index contributed by atoms with van der Waals surface area (Å²) in [6.07, 6.45) is 2.95. The van der Waals surface area contributed by atoms with Gasteiger partial charge < -0.3 is 10.4 Å². The third-order valence-electron chi connectivity index (χ3n) is 2.76. The Hall–Kier alpha value is -2.17. The van der Waals surface area contributed by atoms with Crippen LogP contribution in [0.4, 0.5) is 11.4 Å². The van der Waals surface area contributed by atoms with Crippen LogP contribution in [0.25, 0.3) is 0 Å². The van der Waals surface area contributed by atoms with Crippen molar-refractivity contribution in [3.63, 3.8) is 0 Å². The molecular formula is C12H11IN4O4. The first-order valence-electron chi connectivity index (χ1n) is 5.80. The van der Waals surface area contributed by atoms with Gasteiger partial charge in [-0.05, 0) is 34.7 Å². The number of nitro groups is 1. The largest absolute Gasteiger partial charge is 0.479 e. The summed E-state index contributed by atoms with van der Waals surface area (Å²) in [6.45, 7) is 0. The number of benzene rings is 1. The zero-order valence-corrected chi connectivity index (χ0v) is 13.0. The Bertz CT molecular complexity index is 700. The van der Waals surface area contributed by atoms with Gasteiger partial charge in [-0.1, -0.05) is 0 Å². The SMILES string of the molecule is Cn1cc(C(Nc2ccc(I)cc2[N+](=O)[O-])C(=O)O)cn1. The molecule has 2 N–H and O–H groups in total. The summed E-state index contributed by atoms with van der Waals surface area (Å²) in [7, 11) is 1.66. The van der Waals surface area contributed by atoms with Gasteiger partial charge in [-0.2, -0.15) is 5.10 Å². The molecule has 2 rings (SSSR count). The maximum Gasteiger partial charge on any atom is 0.330 e. The number of aromatic nitrogens is 2. The van der Waals surface area contributed by atoms with Crippen molar-refractivity contribution in [2.75, 3.05) is 5.32 Å². The minimum absolute atomic E-state index is 0.150. The lowest BCUT2D eigenvalue weighted by molar-refractivity contribution is -0.384. The molecule has 110 valence electrons. The molecule has 0 aliphatic rings. The van der Waals surface area contributed by atoms with Crippen LogP contribution in [0.3, 0.4) is 0 Å². The van der Waals surface area contributed by atoms with Crippen molar-refractivity contribution < 1.29 is 14.8 Å². The molecular weight excluding hydrogens is 391 g/mol. The Morgan fingerprint density at radius 3 is 2.81 bits per heavy atom. The standard InChI is InChI=1S/C12H11IN4O4/c1-16-6-7(5-14-16)11(12(18)19)15-9-3-2-8(13)4-10(9)17(20)21/h2-6,11,15H,1H3,(H,18,19). The summed E-state index contributed by atoms with van der Waals surface area (Å²) in [4.78, 5) is 21.9. The number of halogens is 1. The normalized spacial score (nSPS) is 11.9. The van der Waals surface area contributed by atoms with Crippen LogP contribution in [-0.2, 0) is 11.8 Å². The molecule has 0 saturated carbocycles. The summed E-state index contributed by atoms with van der Waals surface area (Å²) in [5.41, 5.74) is 0.395. The zero-order chi connectivity index (χ0) is 15.6. The van der Waals surface area contributed by atoms with Crippen LogP contribution in [0.2, 0.25) is 0 Å². The maximum absolute atomic E-state index is 11.4. The average Bonchev–Trinajstić information content (AvgIpc) is 2.83. The number of hydrogen-bond acceptors (Lipinski definition) is 5. The van der Waals surface area contributed by atoms with Crippen molar-refractivity contribution in [1.82, 2.24) is 9.78 Å². The van der Waals surface area contributed by atoms with Crippen LogP contribution in [0.1, 0.15) is 11.6 Å². The van der Waals surface area contributed by atoms with E-state index in [-0.39, 0.29) is 11.4 Å². The lowest BCUT2D eigenvalue weighted by atomic mass is 10.1. The molecule has 2 aromatic rings. The maximum atomic E-state index is 11.4. The fourth-order valence-electron chi connectivity index (χ4n) is 1.81. The molecule has 0 saturated heterocycles. The number of nitro benzene ring substituents is 1. The molecule has 1 atom stereocenters. The van der Waals surface area contributed by atoms with Gasteiger partial charge in [0, 0.05) is 28.4 Å². The summed E-state index contributed by atoms with van der Waals surface area (Å²) >= 11 is 1.96. The van der Waals surface area contributed by atoms with E-state index in [2.05, 4.69) is 10.4 Å². The monoisotopic (exact) mass is 402 g/mol. The van der Waals surface area contributed by atoms with E-state index in [0.29, 0.717) is 9.13 Å². The molecule has 0 amide bonds. The molecule has 1 aromatic carbocycles. The van der Waals surface area contributed by atoms with Crippen molar-refractivity contribution in [3.8, 4) is 0 Å². The van der Waals surface area contributed by atoms with Crippen LogP contribution < -0.4 is 5.32 Å². The number of aryl methyl sites for hydroxylation is 1. The summed E-state index contributed by atoms with van der Waals surface area (Å²) in [5.74, 6) is -1.14. The fraction of sp³-hybridized carbons (Fsp3) is 0.167.